The number of ether oxygens (including phenoxy) is 1. The standard InChI is InChI=1S/C19H19FN4O/c1-25-17-8-6-16(7-9-17)23-19-22-13-11-18(24-19)21-12-10-14-2-4-15(20)5-3-14/h2-9,11,13H,10,12H2,1H3,(H2,21,22,23,24). The summed E-state index contributed by atoms with van der Waals surface area (Å²) in [6, 6.07) is 15.9. The summed E-state index contributed by atoms with van der Waals surface area (Å²) < 4.78 is 18.0. The van der Waals surface area contributed by atoms with Gasteiger partial charge in [0, 0.05) is 18.4 Å². The van der Waals surface area contributed by atoms with Gasteiger partial charge in [0.25, 0.3) is 0 Å². The summed E-state index contributed by atoms with van der Waals surface area (Å²) in [5, 5.41) is 6.40. The summed E-state index contributed by atoms with van der Waals surface area (Å²) in [7, 11) is 1.63. The Labute approximate surface area is 145 Å². The molecule has 0 spiro atoms. The highest BCUT2D eigenvalue weighted by Gasteiger charge is 2.01. The van der Waals surface area contributed by atoms with Crippen LogP contribution in [0.1, 0.15) is 5.56 Å². The molecule has 3 aromatic rings. The lowest BCUT2D eigenvalue weighted by Gasteiger charge is -2.09. The van der Waals surface area contributed by atoms with Crippen molar-refractivity contribution in [2.24, 2.45) is 0 Å². The third-order valence-electron chi connectivity index (χ3n) is 3.63. The highest BCUT2D eigenvalue weighted by Crippen LogP contribution is 2.18. The van der Waals surface area contributed by atoms with Crippen LogP contribution < -0.4 is 15.4 Å². The van der Waals surface area contributed by atoms with Crippen molar-refractivity contribution in [3.05, 3.63) is 72.2 Å². The molecule has 0 fully saturated rings. The van der Waals surface area contributed by atoms with E-state index in [9.17, 15) is 4.39 Å². The minimum Gasteiger partial charge on any atom is -0.497 e. The van der Waals surface area contributed by atoms with Gasteiger partial charge in [-0.15, -0.1) is 0 Å². The molecule has 1 heterocycles. The van der Waals surface area contributed by atoms with Gasteiger partial charge in [-0.25, -0.2) is 9.37 Å². The van der Waals surface area contributed by atoms with Crippen LogP contribution in [0.5, 0.6) is 5.75 Å². The van der Waals surface area contributed by atoms with Crippen LogP contribution >= 0.6 is 0 Å². The lowest BCUT2D eigenvalue weighted by atomic mass is 10.1. The first kappa shape index (κ1) is 16.7. The fourth-order valence-corrected chi connectivity index (χ4v) is 2.31. The van der Waals surface area contributed by atoms with E-state index in [0.717, 1.165) is 29.2 Å². The number of benzene rings is 2. The predicted octanol–water partition coefficient (Wildman–Crippen LogP) is 4.02. The zero-order valence-electron chi connectivity index (χ0n) is 13.9. The molecule has 0 saturated heterocycles. The summed E-state index contributed by atoms with van der Waals surface area (Å²) in [5.41, 5.74) is 1.95. The molecule has 0 saturated carbocycles. The zero-order valence-corrected chi connectivity index (χ0v) is 13.9. The second-order valence-electron chi connectivity index (χ2n) is 5.42. The predicted molar refractivity (Wildman–Crippen MR) is 96.9 cm³/mol. The van der Waals surface area contributed by atoms with Gasteiger partial charge in [-0.1, -0.05) is 12.1 Å². The number of methoxy groups -OCH3 is 1. The van der Waals surface area contributed by atoms with Gasteiger partial charge in [0.05, 0.1) is 7.11 Å². The van der Waals surface area contributed by atoms with E-state index >= 15 is 0 Å². The van der Waals surface area contributed by atoms with Crippen molar-refractivity contribution in [3.63, 3.8) is 0 Å². The first-order valence-electron chi connectivity index (χ1n) is 7.95. The highest BCUT2D eigenvalue weighted by atomic mass is 19.1. The maximum atomic E-state index is 12.9. The fraction of sp³-hybridized carbons (Fsp3) is 0.158. The highest BCUT2D eigenvalue weighted by molar-refractivity contribution is 5.55. The largest absolute Gasteiger partial charge is 0.497 e. The van der Waals surface area contributed by atoms with Crippen molar-refractivity contribution >= 4 is 17.5 Å². The molecule has 0 unspecified atom stereocenters. The molecule has 6 heteroatoms. The van der Waals surface area contributed by atoms with Gasteiger partial charge < -0.3 is 15.4 Å². The third kappa shape index (κ3) is 4.91. The van der Waals surface area contributed by atoms with Crippen molar-refractivity contribution in [3.8, 4) is 5.75 Å². The molecule has 0 atom stereocenters. The number of nitrogens with zero attached hydrogens (tertiary/aromatic N) is 2. The zero-order chi connectivity index (χ0) is 17.5. The Hall–Kier alpha value is -3.15. The van der Waals surface area contributed by atoms with Gasteiger partial charge in [-0.2, -0.15) is 4.98 Å². The molecule has 128 valence electrons. The van der Waals surface area contributed by atoms with Crippen molar-refractivity contribution in [1.82, 2.24) is 9.97 Å². The van der Waals surface area contributed by atoms with E-state index in [2.05, 4.69) is 20.6 Å². The molecule has 0 aliphatic heterocycles. The molecule has 0 bridgehead atoms. The number of hydrogen-bond donors (Lipinski definition) is 2. The summed E-state index contributed by atoms with van der Waals surface area (Å²) in [6.45, 7) is 0.699. The summed E-state index contributed by atoms with van der Waals surface area (Å²) in [4.78, 5) is 8.65. The van der Waals surface area contributed by atoms with E-state index in [1.165, 1.54) is 12.1 Å². The number of anilines is 3. The van der Waals surface area contributed by atoms with Gasteiger partial charge in [0.15, 0.2) is 0 Å². The molecule has 3 rings (SSSR count). The molecule has 2 aromatic carbocycles. The van der Waals surface area contributed by atoms with Crippen LogP contribution in [0.4, 0.5) is 21.8 Å². The molecule has 0 aliphatic carbocycles. The molecule has 0 amide bonds. The van der Waals surface area contributed by atoms with Gasteiger partial charge in [-0.05, 0) is 54.4 Å². The first-order chi connectivity index (χ1) is 12.2. The Morgan fingerprint density at radius 1 is 1.00 bits per heavy atom. The van der Waals surface area contributed by atoms with Crippen LogP contribution in [0.2, 0.25) is 0 Å². The van der Waals surface area contributed by atoms with Crippen LogP contribution in [0.25, 0.3) is 0 Å². The van der Waals surface area contributed by atoms with E-state index in [4.69, 9.17) is 4.74 Å². The molecule has 0 radical (unpaired) electrons. The van der Waals surface area contributed by atoms with Crippen molar-refractivity contribution < 1.29 is 9.13 Å². The van der Waals surface area contributed by atoms with Gasteiger partial charge in [-0.3, -0.25) is 0 Å². The maximum Gasteiger partial charge on any atom is 0.229 e. The third-order valence-corrected chi connectivity index (χ3v) is 3.63. The molecule has 25 heavy (non-hydrogen) atoms. The van der Waals surface area contributed by atoms with E-state index in [1.54, 1.807) is 25.4 Å². The molecule has 2 N–H and O–H groups in total. The topological polar surface area (TPSA) is 59.1 Å². The van der Waals surface area contributed by atoms with Crippen LogP contribution in [-0.4, -0.2) is 23.6 Å². The van der Waals surface area contributed by atoms with Crippen molar-refractivity contribution in [2.75, 3.05) is 24.3 Å². The van der Waals surface area contributed by atoms with Gasteiger partial charge in [0.2, 0.25) is 5.95 Å². The maximum absolute atomic E-state index is 12.9. The van der Waals surface area contributed by atoms with E-state index in [1.807, 2.05) is 30.3 Å². The van der Waals surface area contributed by atoms with Gasteiger partial charge in [0.1, 0.15) is 17.4 Å². The average molecular weight is 338 g/mol. The minimum atomic E-state index is -0.221. The van der Waals surface area contributed by atoms with Crippen molar-refractivity contribution in [1.29, 1.82) is 0 Å². The Bertz CT molecular complexity index is 806. The Morgan fingerprint density at radius 3 is 2.48 bits per heavy atom. The average Bonchev–Trinajstić information content (AvgIpc) is 2.64. The van der Waals surface area contributed by atoms with Crippen LogP contribution in [-0.2, 0) is 6.42 Å². The van der Waals surface area contributed by atoms with Crippen LogP contribution in [0.3, 0.4) is 0 Å². The number of hydrogen-bond acceptors (Lipinski definition) is 5. The van der Waals surface area contributed by atoms with Crippen molar-refractivity contribution in [2.45, 2.75) is 6.42 Å². The van der Waals surface area contributed by atoms with E-state index in [0.29, 0.717) is 12.5 Å². The summed E-state index contributed by atoms with van der Waals surface area (Å²) in [5.74, 6) is 1.81. The van der Waals surface area contributed by atoms with Gasteiger partial charge >= 0.3 is 0 Å². The molecule has 0 aliphatic rings. The Balaban J connectivity index is 1.56. The number of rotatable bonds is 7. The minimum absolute atomic E-state index is 0.221. The normalized spacial score (nSPS) is 10.3. The van der Waals surface area contributed by atoms with E-state index in [-0.39, 0.29) is 5.82 Å². The lowest BCUT2D eigenvalue weighted by Crippen LogP contribution is -2.07. The summed E-state index contributed by atoms with van der Waals surface area (Å²) in [6.07, 6.45) is 2.48. The molecule has 5 nitrogen and oxygen atoms in total. The second-order valence-corrected chi connectivity index (χ2v) is 5.42. The van der Waals surface area contributed by atoms with E-state index < -0.39 is 0 Å². The lowest BCUT2D eigenvalue weighted by molar-refractivity contribution is 0.415. The first-order valence-corrected chi connectivity index (χ1v) is 7.95. The molecular formula is C19H19FN4O. The quantitative estimate of drug-likeness (QED) is 0.681. The molecular weight excluding hydrogens is 319 g/mol. The number of nitrogens with one attached hydrogen (secondary N) is 2. The number of halogens is 1. The van der Waals surface area contributed by atoms with Crippen LogP contribution in [0.15, 0.2) is 60.8 Å². The Morgan fingerprint density at radius 2 is 1.76 bits per heavy atom. The smallest absolute Gasteiger partial charge is 0.229 e. The second kappa shape index (κ2) is 8.10. The summed E-state index contributed by atoms with van der Waals surface area (Å²) >= 11 is 0. The fourth-order valence-electron chi connectivity index (χ4n) is 2.31. The SMILES string of the molecule is COc1ccc(Nc2nccc(NCCc3ccc(F)cc3)n2)cc1. The monoisotopic (exact) mass is 338 g/mol. The van der Waals surface area contributed by atoms with Crippen LogP contribution in [0, 0.1) is 5.82 Å². The number of aromatic nitrogens is 2. The molecule has 1 aromatic heterocycles. The Kier molecular flexibility index (Phi) is 5.41.